The summed E-state index contributed by atoms with van der Waals surface area (Å²) >= 11 is 0. The van der Waals surface area contributed by atoms with Gasteiger partial charge in [0.15, 0.2) is 0 Å². The fourth-order valence-corrected chi connectivity index (χ4v) is 1.61. The highest BCUT2D eigenvalue weighted by atomic mass is 16.4. The average Bonchev–Trinajstić information content (AvgIpc) is 1.96. The van der Waals surface area contributed by atoms with Crippen LogP contribution in [-0.2, 0) is 9.59 Å². The van der Waals surface area contributed by atoms with Crippen LogP contribution in [0, 0.1) is 5.92 Å². The summed E-state index contributed by atoms with van der Waals surface area (Å²) in [6, 6.07) is -0.816. The largest absolute Gasteiger partial charge is 0.480 e. The van der Waals surface area contributed by atoms with Crippen molar-refractivity contribution in [2.24, 2.45) is 5.92 Å². The molecular weight excluding hydrogens is 182 g/mol. The second-order valence-electron chi connectivity index (χ2n) is 4.05. The molecule has 4 heteroatoms. The highest BCUT2D eigenvalue weighted by Crippen LogP contribution is 2.14. The lowest BCUT2D eigenvalue weighted by atomic mass is 10.0. The van der Waals surface area contributed by atoms with E-state index in [1.807, 2.05) is 13.8 Å². The standard InChI is InChI=1S/C10H19NO3/c1-6(2)9(10(13)14)11(7(3)4)8(5)12/h6-7,9H,1-5H3,(H,13,14). The summed E-state index contributed by atoms with van der Waals surface area (Å²) in [6.45, 7) is 8.64. The SMILES string of the molecule is CC(=O)N(C(C)C)C(C(=O)O)C(C)C. The number of carboxylic acids is 1. The third-order valence-corrected chi connectivity index (χ3v) is 2.10. The minimum atomic E-state index is -0.941. The van der Waals surface area contributed by atoms with Gasteiger partial charge in [-0.1, -0.05) is 13.8 Å². The van der Waals surface area contributed by atoms with Crippen molar-refractivity contribution in [1.29, 1.82) is 0 Å². The highest BCUT2D eigenvalue weighted by Gasteiger charge is 2.32. The summed E-state index contributed by atoms with van der Waals surface area (Å²) in [6.07, 6.45) is 0. The van der Waals surface area contributed by atoms with E-state index in [1.165, 1.54) is 11.8 Å². The predicted octanol–water partition coefficient (Wildman–Crippen LogP) is 1.35. The fourth-order valence-electron chi connectivity index (χ4n) is 1.61. The van der Waals surface area contributed by atoms with Crippen molar-refractivity contribution in [3.8, 4) is 0 Å². The molecule has 82 valence electrons. The zero-order valence-electron chi connectivity index (χ0n) is 9.44. The Bertz CT molecular complexity index is 199. The number of aliphatic carboxylic acids is 1. The molecule has 1 atom stereocenters. The molecule has 1 amide bonds. The quantitative estimate of drug-likeness (QED) is 0.747. The minimum absolute atomic E-state index is 0.0844. The molecule has 0 spiro atoms. The van der Waals surface area contributed by atoms with Gasteiger partial charge >= 0.3 is 5.97 Å². The Kier molecular flexibility index (Phi) is 4.60. The molecular formula is C10H19NO3. The van der Waals surface area contributed by atoms with Gasteiger partial charge in [-0.2, -0.15) is 0 Å². The van der Waals surface area contributed by atoms with E-state index in [-0.39, 0.29) is 17.9 Å². The van der Waals surface area contributed by atoms with Crippen LogP contribution < -0.4 is 0 Å². The van der Waals surface area contributed by atoms with Gasteiger partial charge in [0.25, 0.3) is 0 Å². The highest BCUT2D eigenvalue weighted by molar-refractivity contribution is 5.82. The molecule has 0 saturated heterocycles. The molecule has 0 radical (unpaired) electrons. The van der Waals surface area contributed by atoms with Crippen LogP contribution in [0.25, 0.3) is 0 Å². The van der Waals surface area contributed by atoms with Crippen LogP contribution in [-0.4, -0.2) is 34.0 Å². The van der Waals surface area contributed by atoms with Gasteiger partial charge in [0.2, 0.25) is 5.91 Å². The molecule has 0 bridgehead atoms. The number of carbonyl (C=O) groups excluding carboxylic acids is 1. The lowest BCUT2D eigenvalue weighted by Gasteiger charge is -2.33. The number of carboxylic acid groups (broad SMARTS) is 1. The van der Waals surface area contributed by atoms with Crippen molar-refractivity contribution in [3.05, 3.63) is 0 Å². The van der Waals surface area contributed by atoms with Gasteiger partial charge < -0.3 is 10.0 Å². The molecule has 0 rings (SSSR count). The van der Waals surface area contributed by atoms with Crippen LogP contribution in [0.1, 0.15) is 34.6 Å². The van der Waals surface area contributed by atoms with E-state index >= 15 is 0 Å². The summed E-state index contributed by atoms with van der Waals surface area (Å²) in [5.74, 6) is -1.22. The van der Waals surface area contributed by atoms with Gasteiger partial charge in [0.1, 0.15) is 6.04 Å². The molecule has 0 aromatic rings. The van der Waals surface area contributed by atoms with E-state index in [9.17, 15) is 9.59 Å². The topological polar surface area (TPSA) is 57.6 Å². The Balaban J connectivity index is 4.93. The van der Waals surface area contributed by atoms with Gasteiger partial charge in [-0.3, -0.25) is 4.79 Å². The average molecular weight is 201 g/mol. The maximum atomic E-state index is 11.3. The molecule has 0 aromatic heterocycles. The van der Waals surface area contributed by atoms with Crippen molar-refractivity contribution >= 4 is 11.9 Å². The van der Waals surface area contributed by atoms with Crippen LogP contribution in [0.4, 0.5) is 0 Å². The molecule has 0 fully saturated rings. The van der Waals surface area contributed by atoms with Crippen molar-refractivity contribution in [1.82, 2.24) is 4.90 Å². The third-order valence-electron chi connectivity index (χ3n) is 2.10. The van der Waals surface area contributed by atoms with E-state index in [1.54, 1.807) is 13.8 Å². The van der Waals surface area contributed by atoms with Crippen LogP contribution in [0.2, 0.25) is 0 Å². The van der Waals surface area contributed by atoms with E-state index in [0.29, 0.717) is 0 Å². The van der Waals surface area contributed by atoms with Crippen LogP contribution in [0.3, 0.4) is 0 Å². The second-order valence-corrected chi connectivity index (χ2v) is 4.05. The van der Waals surface area contributed by atoms with Gasteiger partial charge in [-0.15, -0.1) is 0 Å². The Labute approximate surface area is 84.9 Å². The van der Waals surface area contributed by atoms with Crippen molar-refractivity contribution < 1.29 is 14.7 Å². The van der Waals surface area contributed by atoms with Gasteiger partial charge in [-0.05, 0) is 19.8 Å². The molecule has 0 aromatic carbocycles. The van der Waals surface area contributed by atoms with Crippen molar-refractivity contribution in [2.45, 2.75) is 46.7 Å². The lowest BCUT2D eigenvalue weighted by Crippen LogP contribution is -2.50. The maximum Gasteiger partial charge on any atom is 0.326 e. The first kappa shape index (κ1) is 12.9. The van der Waals surface area contributed by atoms with E-state index in [2.05, 4.69) is 0 Å². The number of hydrogen-bond acceptors (Lipinski definition) is 2. The van der Waals surface area contributed by atoms with Gasteiger partial charge in [0, 0.05) is 13.0 Å². The van der Waals surface area contributed by atoms with Crippen LogP contribution in [0.5, 0.6) is 0 Å². The van der Waals surface area contributed by atoms with E-state index in [0.717, 1.165) is 0 Å². The summed E-state index contributed by atoms with van der Waals surface area (Å²) < 4.78 is 0. The predicted molar refractivity (Wildman–Crippen MR) is 53.9 cm³/mol. The first-order chi connectivity index (χ1) is 6.29. The monoisotopic (exact) mass is 201 g/mol. The Hall–Kier alpha value is -1.06. The van der Waals surface area contributed by atoms with Crippen LogP contribution in [0.15, 0.2) is 0 Å². The molecule has 0 aliphatic rings. The zero-order chi connectivity index (χ0) is 11.5. The Morgan fingerprint density at radius 1 is 1.14 bits per heavy atom. The second kappa shape index (κ2) is 4.98. The number of carbonyl (C=O) groups is 2. The lowest BCUT2D eigenvalue weighted by molar-refractivity contribution is -0.153. The summed E-state index contributed by atoms with van der Waals surface area (Å²) in [5, 5.41) is 9.02. The minimum Gasteiger partial charge on any atom is -0.480 e. The normalized spacial score (nSPS) is 13.1. The van der Waals surface area contributed by atoms with Crippen molar-refractivity contribution in [3.63, 3.8) is 0 Å². The van der Waals surface area contributed by atoms with E-state index < -0.39 is 12.0 Å². The first-order valence-electron chi connectivity index (χ1n) is 4.80. The molecule has 1 N–H and O–H groups in total. The molecule has 14 heavy (non-hydrogen) atoms. The summed E-state index contributed by atoms with van der Waals surface area (Å²) in [5.41, 5.74) is 0. The molecule has 4 nitrogen and oxygen atoms in total. The number of hydrogen-bond donors (Lipinski definition) is 1. The molecule has 1 unspecified atom stereocenters. The smallest absolute Gasteiger partial charge is 0.326 e. The van der Waals surface area contributed by atoms with Crippen LogP contribution >= 0.6 is 0 Å². The number of rotatable bonds is 4. The van der Waals surface area contributed by atoms with Crippen molar-refractivity contribution in [2.75, 3.05) is 0 Å². The fraction of sp³-hybridized carbons (Fsp3) is 0.800. The van der Waals surface area contributed by atoms with Gasteiger partial charge in [0.05, 0.1) is 0 Å². The first-order valence-corrected chi connectivity index (χ1v) is 4.80. The van der Waals surface area contributed by atoms with Gasteiger partial charge in [-0.25, -0.2) is 4.79 Å². The zero-order valence-corrected chi connectivity index (χ0v) is 9.44. The summed E-state index contributed by atoms with van der Waals surface area (Å²) in [4.78, 5) is 23.7. The Morgan fingerprint density at radius 3 is 1.64 bits per heavy atom. The summed E-state index contributed by atoms with van der Waals surface area (Å²) in [7, 11) is 0. The third kappa shape index (κ3) is 3.01. The molecule has 0 aliphatic heterocycles. The number of nitrogens with zero attached hydrogens (tertiary/aromatic N) is 1. The number of amides is 1. The molecule has 0 heterocycles. The Morgan fingerprint density at radius 2 is 1.57 bits per heavy atom. The molecule has 0 saturated carbocycles. The maximum absolute atomic E-state index is 11.3. The molecule has 0 aliphatic carbocycles. The van der Waals surface area contributed by atoms with E-state index in [4.69, 9.17) is 5.11 Å².